The number of aromatic carboxylic acids is 1. The number of carbonyl (C=O) groups is 1. The molecule has 0 fully saturated rings. The van der Waals surface area contributed by atoms with Crippen molar-refractivity contribution >= 4 is 5.97 Å². The van der Waals surface area contributed by atoms with E-state index < -0.39 is 5.97 Å². The summed E-state index contributed by atoms with van der Waals surface area (Å²) in [4.78, 5) is 11.0. The van der Waals surface area contributed by atoms with Gasteiger partial charge in [0, 0.05) is 6.54 Å². The minimum Gasteiger partial charge on any atom is -0.478 e. The molecule has 0 radical (unpaired) electrons. The van der Waals surface area contributed by atoms with Gasteiger partial charge in [0.05, 0.1) is 11.1 Å². The molecule has 0 saturated heterocycles. The van der Waals surface area contributed by atoms with E-state index >= 15 is 0 Å². The predicted octanol–water partition coefficient (Wildman–Crippen LogP) is 1.28. The van der Waals surface area contributed by atoms with Crippen LogP contribution in [-0.2, 0) is 13.0 Å². The first-order valence-electron chi connectivity index (χ1n) is 4.63. The molecule has 0 saturated carbocycles. The van der Waals surface area contributed by atoms with Gasteiger partial charge in [-0.2, -0.15) is 5.26 Å². The number of nitrogens with zero attached hydrogens (tertiary/aromatic N) is 1. The molecule has 15 heavy (non-hydrogen) atoms. The molecule has 3 N–H and O–H groups in total. The molecular weight excluding hydrogens is 192 g/mol. The Labute approximate surface area is 87.9 Å². The molecule has 1 rings (SSSR count). The number of rotatable bonds is 3. The molecule has 0 aliphatic carbocycles. The minimum atomic E-state index is -1.07. The van der Waals surface area contributed by atoms with Gasteiger partial charge in [-0.05, 0) is 23.6 Å². The highest BCUT2D eigenvalue weighted by molar-refractivity contribution is 5.92. The largest absolute Gasteiger partial charge is 0.478 e. The van der Waals surface area contributed by atoms with E-state index in [0.717, 1.165) is 5.56 Å². The van der Waals surface area contributed by atoms with Gasteiger partial charge in [-0.1, -0.05) is 13.0 Å². The summed E-state index contributed by atoms with van der Waals surface area (Å²) in [5.41, 5.74) is 7.23. The van der Waals surface area contributed by atoms with Crippen molar-refractivity contribution in [1.29, 1.82) is 5.26 Å². The lowest BCUT2D eigenvalue weighted by molar-refractivity contribution is 0.0695. The molecule has 0 spiro atoms. The van der Waals surface area contributed by atoms with Gasteiger partial charge in [0.2, 0.25) is 0 Å². The van der Waals surface area contributed by atoms with Crippen LogP contribution in [0.5, 0.6) is 0 Å². The number of benzene rings is 1. The summed E-state index contributed by atoms with van der Waals surface area (Å²) in [7, 11) is 0. The topological polar surface area (TPSA) is 87.1 Å². The van der Waals surface area contributed by atoms with Crippen molar-refractivity contribution in [2.24, 2.45) is 5.73 Å². The molecule has 0 bridgehead atoms. The zero-order valence-electron chi connectivity index (χ0n) is 8.45. The quantitative estimate of drug-likeness (QED) is 0.776. The van der Waals surface area contributed by atoms with Gasteiger partial charge in [-0.15, -0.1) is 0 Å². The third-order valence-corrected chi connectivity index (χ3v) is 2.32. The summed E-state index contributed by atoms with van der Waals surface area (Å²) in [6.45, 7) is 2.14. The average Bonchev–Trinajstić information content (AvgIpc) is 2.26. The number of nitriles is 1. The fourth-order valence-electron chi connectivity index (χ4n) is 1.62. The van der Waals surface area contributed by atoms with Gasteiger partial charge in [-0.3, -0.25) is 0 Å². The summed E-state index contributed by atoms with van der Waals surface area (Å²) in [5.74, 6) is -1.07. The van der Waals surface area contributed by atoms with Crippen molar-refractivity contribution in [2.75, 3.05) is 0 Å². The fraction of sp³-hybridized carbons (Fsp3) is 0.273. The highest BCUT2D eigenvalue weighted by Gasteiger charge is 2.16. The lowest BCUT2D eigenvalue weighted by Crippen LogP contribution is -2.10. The number of nitrogens with two attached hydrogens (primary N) is 1. The van der Waals surface area contributed by atoms with E-state index in [1.807, 2.05) is 13.0 Å². The van der Waals surface area contributed by atoms with Crippen LogP contribution in [0.25, 0.3) is 0 Å². The van der Waals surface area contributed by atoms with Crippen LogP contribution in [-0.4, -0.2) is 11.1 Å². The molecular formula is C11H12N2O2. The van der Waals surface area contributed by atoms with Gasteiger partial charge in [0.15, 0.2) is 0 Å². The standard InChI is InChI=1S/C11H12N2O2/c1-2-9-7(5-12)3-4-8(6-13)10(9)11(14)15/h3-4H,2,5,12H2,1H3,(H,14,15). The van der Waals surface area contributed by atoms with Crippen LogP contribution >= 0.6 is 0 Å². The Morgan fingerprint density at radius 2 is 2.27 bits per heavy atom. The Balaban J connectivity index is 3.53. The molecule has 0 heterocycles. The van der Waals surface area contributed by atoms with Crippen LogP contribution in [0.1, 0.15) is 34.0 Å². The third-order valence-electron chi connectivity index (χ3n) is 2.32. The molecule has 0 atom stereocenters. The Hall–Kier alpha value is -1.86. The van der Waals surface area contributed by atoms with E-state index in [-0.39, 0.29) is 17.7 Å². The van der Waals surface area contributed by atoms with Crippen molar-refractivity contribution in [3.05, 3.63) is 34.4 Å². The number of carboxylic acids is 1. The van der Waals surface area contributed by atoms with Crippen LogP contribution in [0.15, 0.2) is 12.1 Å². The van der Waals surface area contributed by atoms with Gasteiger partial charge in [-0.25, -0.2) is 4.79 Å². The molecule has 0 amide bonds. The van der Waals surface area contributed by atoms with Crippen LogP contribution in [0, 0.1) is 11.3 Å². The van der Waals surface area contributed by atoms with E-state index in [2.05, 4.69) is 0 Å². The molecule has 0 aliphatic heterocycles. The molecule has 78 valence electrons. The molecule has 4 nitrogen and oxygen atoms in total. The minimum absolute atomic E-state index is 0.0861. The Bertz CT molecular complexity index is 433. The number of carboxylic acid groups (broad SMARTS) is 1. The van der Waals surface area contributed by atoms with Crippen LogP contribution in [0.2, 0.25) is 0 Å². The van der Waals surface area contributed by atoms with E-state index in [1.165, 1.54) is 6.07 Å². The maximum Gasteiger partial charge on any atom is 0.337 e. The molecule has 0 aromatic heterocycles. The average molecular weight is 204 g/mol. The van der Waals surface area contributed by atoms with E-state index in [0.29, 0.717) is 12.0 Å². The molecule has 4 heteroatoms. The Kier molecular flexibility index (Phi) is 3.42. The molecule has 1 aromatic rings. The van der Waals surface area contributed by atoms with Crippen LogP contribution in [0.4, 0.5) is 0 Å². The monoisotopic (exact) mass is 204 g/mol. The van der Waals surface area contributed by atoms with Crippen LogP contribution in [0.3, 0.4) is 0 Å². The van der Waals surface area contributed by atoms with Crippen molar-refractivity contribution in [3.8, 4) is 6.07 Å². The van der Waals surface area contributed by atoms with E-state index in [4.69, 9.17) is 16.1 Å². The molecule has 0 aliphatic rings. The van der Waals surface area contributed by atoms with E-state index in [1.54, 1.807) is 6.07 Å². The van der Waals surface area contributed by atoms with Crippen molar-refractivity contribution < 1.29 is 9.90 Å². The van der Waals surface area contributed by atoms with E-state index in [9.17, 15) is 4.79 Å². The van der Waals surface area contributed by atoms with Gasteiger partial charge in [0.25, 0.3) is 0 Å². The second kappa shape index (κ2) is 4.58. The fourth-order valence-corrected chi connectivity index (χ4v) is 1.62. The zero-order valence-corrected chi connectivity index (χ0v) is 8.45. The van der Waals surface area contributed by atoms with Gasteiger partial charge >= 0.3 is 5.97 Å². The second-order valence-corrected chi connectivity index (χ2v) is 3.10. The third kappa shape index (κ3) is 1.97. The summed E-state index contributed by atoms with van der Waals surface area (Å²) < 4.78 is 0. The highest BCUT2D eigenvalue weighted by Crippen LogP contribution is 2.19. The normalized spacial score (nSPS) is 9.67. The molecule has 0 unspecified atom stereocenters. The second-order valence-electron chi connectivity index (χ2n) is 3.10. The van der Waals surface area contributed by atoms with Crippen molar-refractivity contribution in [2.45, 2.75) is 19.9 Å². The lowest BCUT2D eigenvalue weighted by Gasteiger charge is -2.10. The Morgan fingerprint density at radius 1 is 1.60 bits per heavy atom. The van der Waals surface area contributed by atoms with Crippen molar-refractivity contribution in [3.63, 3.8) is 0 Å². The zero-order chi connectivity index (χ0) is 11.4. The highest BCUT2D eigenvalue weighted by atomic mass is 16.4. The smallest absolute Gasteiger partial charge is 0.337 e. The summed E-state index contributed by atoms with van der Waals surface area (Å²) in [6.07, 6.45) is 0.559. The predicted molar refractivity (Wildman–Crippen MR) is 55.4 cm³/mol. The van der Waals surface area contributed by atoms with Gasteiger partial charge in [0.1, 0.15) is 6.07 Å². The summed E-state index contributed by atoms with van der Waals surface area (Å²) >= 11 is 0. The maximum atomic E-state index is 11.0. The maximum absolute atomic E-state index is 11.0. The summed E-state index contributed by atoms with van der Waals surface area (Å²) in [6, 6.07) is 5.10. The lowest BCUT2D eigenvalue weighted by atomic mass is 9.94. The van der Waals surface area contributed by atoms with Crippen LogP contribution < -0.4 is 5.73 Å². The van der Waals surface area contributed by atoms with Gasteiger partial charge < -0.3 is 10.8 Å². The first kappa shape index (κ1) is 11.2. The SMILES string of the molecule is CCc1c(CN)ccc(C#N)c1C(=O)O. The molecule has 1 aromatic carbocycles. The van der Waals surface area contributed by atoms with Crippen molar-refractivity contribution in [1.82, 2.24) is 0 Å². The Morgan fingerprint density at radius 3 is 2.67 bits per heavy atom. The number of hydrogen-bond acceptors (Lipinski definition) is 3. The summed E-state index contributed by atoms with van der Waals surface area (Å²) in [5, 5.41) is 17.8. The first-order chi connectivity index (χ1) is 7.15. The number of hydrogen-bond donors (Lipinski definition) is 2. The first-order valence-corrected chi connectivity index (χ1v) is 4.63.